The maximum absolute atomic E-state index is 10.3. The average Bonchev–Trinajstić information content (AvgIpc) is 2.89. The van der Waals surface area contributed by atoms with E-state index in [-0.39, 0.29) is 5.96 Å². The lowest BCUT2D eigenvalue weighted by molar-refractivity contribution is -0.485. The number of hydrogen-bond acceptors (Lipinski definition) is 4. The zero-order valence-corrected chi connectivity index (χ0v) is 12.9. The Morgan fingerprint density at radius 3 is 3.10 bits per heavy atom. The summed E-state index contributed by atoms with van der Waals surface area (Å²) in [5.74, 6) is 0.546. The van der Waals surface area contributed by atoms with Gasteiger partial charge in [0.2, 0.25) is 0 Å². The first kappa shape index (κ1) is 14.8. The fourth-order valence-corrected chi connectivity index (χ4v) is 5.11. The lowest BCUT2D eigenvalue weighted by Gasteiger charge is -2.18. The molecule has 0 bridgehead atoms. The van der Waals surface area contributed by atoms with Gasteiger partial charge in [0.15, 0.2) is 9.50 Å². The summed E-state index contributed by atoms with van der Waals surface area (Å²) in [6.07, 6.45) is 3.71. The quantitative estimate of drug-likeness (QED) is 0.257. The molecule has 2 rings (SSSR count). The van der Waals surface area contributed by atoms with Crippen molar-refractivity contribution in [2.24, 2.45) is 10.8 Å². The lowest BCUT2D eigenvalue weighted by Crippen LogP contribution is -2.31. The number of rotatable bonds is 4. The smallest absolute Gasteiger partial charge is 0.270 e. The summed E-state index contributed by atoms with van der Waals surface area (Å²) in [4.78, 5) is 15.3. The molecule has 1 unspecified atom stereocenters. The molecule has 0 fully saturated rings. The van der Waals surface area contributed by atoms with Crippen molar-refractivity contribution in [2.45, 2.75) is 12.7 Å². The number of allylic oxidation sites excluding steroid dienone is 2. The molecule has 1 aliphatic heterocycles. The molecule has 0 aliphatic carbocycles. The van der Waals surface area contributed by atoms with Crippen LogP contribution in [0, 0.1) is 10.1 Å². The number of hydrogen-bond donors (Lipinski definition) is 3. The Labute approximate surface area is 126 Å². The van der Waals surface area contributed by atoms with Crippen molar-refractivity contribution in [1.29, 1.82) is 0 Å². The second-order valence-electron chi connectivity index (χ2n) is 3.90. The van der Waals surface area contributed by atoms with E-state index in [9.17, 15) is 10.1 Å². The third-order valence-electron chi connectivity index (χ3n) is 2.45. The highest BCUT2D eigenvalue weighted by Gasteiger charge is 2.18. The van der Waals surface area contributed by atoms with Crippen molar-refractivity contribution >= 4 is 39.8 Å². The molecule has 108 valence electrons. The van der Waals surface area contributed by atoms with E-state index in [2.05, 4.69) is 20.8 Å². The summed E-state index contributed by atoms with van der Waals surface area (Å²) in [5.41, 5.74) is 6.48. The van der Waals surface area contributed by atoms with E-state index in [0.717, 1.165) is 21.2 Å². The van der Waals surface area contributed by atoms with Gasteiger partial charge in [-0.05, 0) is 17.9 Å². The minimum atomic E-state index is -0.828. The van der Waals surface area contributed by atoms with E-state index in [1.807, 2.05) is 13.0 Å². The van der Waals surface area contributed by atoms with E-state index in [4.69, 9.17) is 17.3 Å². The fraction of sp³-hybridized carbons (Fsp3) is 0.200. The van der Waals surface area contributed by atoms with Gasteiger partial charge in [0, 0.05) is 16.8 Å². The molecular formula is C10H12ClN5O2S2. The minimum absolute atomic E-state index is 0.220. The highest BCUT2D eigenvalue weighted by Crippen LogP contribution is 2.46. The predicted molar refractivity (Wildman–Crippen MR) is 83.4 cm³/mol. The molecule has 10 heteroatoms. The van der Waals surface area contributed by atoms with Crippen molar-refractivity contribution in [3.05, 3.63) is 47.7 Å². The molecule has 0 aromatic carbocycles. The minimum Gasteiger partial charge on any atom is -0.364 e. The zero-order chi connectivity index (χ0) is 14.7. The number of nitro groups is 1. The summed E-state index contributed by atoms with van der Waals surface area (Å²) in [6, 6.07) is 0. The van der Waals surface area contributed by atoms with Crippen LogP contribution in [0.25, 0.3) is 0 Å². The van der Waals surface area contributed by atoms with Gasteiger partial charge >= 0.3 is 0 Å². The standard InChI is InChI=1S/C10H12ClN5O2S2/c1-6-2-3-20(5-7-4-13-9(11)19-7)8(6)14-10(12)15-16(17)18/h2-4,20H,5H2,1H3,(H3,12,14,15). The van der Waals surface area contributed by atoms with Crippen LogP contribution in [0.15, 0.2) is 33.4 Å². The third-order valence-corrected chi connectivity index (χ3v) is 6.01. The van der Waals surface area contributed by atoms with Gasteiger partial charge in [-0.1, -0.05) is 17.7 Å². The van der Waals surface area contributed by atoms with E-state index in [1.165, 1.54) is 11.3 Å². The molecule has 0 amide bonds. The monoisotopic (exact) mass is 333 g/mol. The van der Waals surface area contributed by atoms with Gasteiger partial charge in [0.25, 0.3) is 5.96 Å². The molecule has 7 nitrogen and oxygen atoms in total. The number of hydrazone groups is 1. The first-order valence-corrected chi connectivity index (χ1v) is 8.26. The van der Waals surface area contributed by atoms with Crippen molar-refractivity contribution in [1.82, 2.24) is 10.3 Å². The van der Waals surface area contributed by atoms with Crippen molar-refractivity contribution < 1.29 is 5.03 Å². The van der Waals surface area contributed by atoms with Crippen LogP contribution in [0.4, 0.5) is 0 Å². The molecule has 0 spiro atoms. The number of aromatic nitrogens is 1. The largest absolute Gasteiger partial charge is 0.364 e. The predicted octanol–water partition coefficient (Wildman–Crippen LogP) is 2.15. The maximum atomic E-state index is 10.3. The Balaban J connectivity index is 2.10. The molecule has 3 N–H and O–H groups in total. The van der Waals surface area contributed by atoms with Crippen LogP contribution in [0.1, 0.15) is 11.8 Å². The lowest BCUT2D eigenvalue weighted by atomic mass is 10.3. The Morgan fingerprint density at radius 1 is 1.75 bits per heavy atom. The second-order valence-corrected chi connectivity index (χ2v) is 7.60. The molecule has 2 heterocycles. The molecule has 0 saturated carbocycles. The maximum Gasteiger partial charge on any atom is 0.270 e. The van der Waals surface area contributed by atoms with Crippen molar-refractivity contribution in [2.75, 3.05) is 0 Å². The molecule has 1 aliphatic rings. The highest BCUT2D eigenvalue weighted by molar-refractivity contribution is 8.22. The summed E-state index contributed by atoms with van der Waals surface area (Å²) in [7, 11) is -0.652. The van der Waals surface area contributed by atoms with Gasteiger partial charge in [-0.25, -0.2) is 15.1 Å². The van der Waals surface area contributed by atoms with Gasteiger partial charge in [-0.2, -0.15) is 10.9 Å². The first-order valence-electron chi connectivity index (χ1n) is 5.47. The number of nitrogens with two attached hydrogens (primary N) is 1. The van der Waals surface area contributed by atoms with Crippen molar-refractivity contribution in [3.8, 4) is 0 Å². The van der Waals surface area contributed by atoms with E-state index < -0.39 is 15.9 Å². The second kappa shape index (κ2) is 6.25. The van der Waals surface area contributed by atoms with E-state index in [0.29, 0.717) is 4.47 Å². The topological polar surface area (TPSA) is 106 Å². The summed E-state index contributed by atoms with van der Waals surface area (Å²) >= 11 is 7.23. The molecule has 1 aromatic heterocycles. The molecule has 0 radical (unpaired) electrons. The Bertz CT molecular complexity index is 625. The van der Waals surface area contributed by atoms with Gasteiger partial charge in [-0.15, -0.1) is 11.3 Å². The van der Waals surface area contributed by atoms with Crippen LogP contribution in [-0.2, 0) is 5.75 Å². The molecule has 1 aromatic rings. The molecule has 20 heavy (non-hydrogen) atoms. The number of thiol groups is 1. The van der Waals surface area contributed by atoms with E-state index >= 15 is 0 Å². The van der Waals surface area contributed by atoms with Gasteiger partial charge in [0.1, 0.15) is 5.10 Å². The van der Waals surface area contributed by atoms with Crippen LogP contribution in [-0.4, -0.2) is 16.0 Å². The Morgan fingerprint density at radius 2 is 2.50 bits per heavy atom. The van der Waals surface area contributed by atoms with Gasteiger partial charge in [-0.3, -0.25) is 0 Å². The molecule has 0 saturated heterocycles. The normalized spacial score (nSPS) is 20.5. The summed E-state index contributed by atoms with van der Waals surface area (Å²) in [5, 5.41) is 18.3. The SMILES string of the molecule is CC1=C(N/C(N)=N/[N+](=O)[O-])[SH](Cc2cnc(Cl)s2)C=C1. The van der Waals surface area contributed by atoms with Gasteiger partial charge < -0.3 is 11.1 Å². The van der Waals surface area contributed by atoms with Crippen molar-refractivity contribution in [3.63, 3.8) is 0 Å². The number of nitrogens with zero attached hydrogens (tertiary/aromatic N) is 3. The van der Waals surface area contributed by atoms with Crippen LogP contribution in [0.5, 0.6) is 0 Å². The van der Waals surface area contributed by atoms with E-state index in [1.54, 1.807) is 6.20 Å². The molecular weight excluding hydrogens is 322 g/mol. The van der Waals surface area contributed by atoms with Crippen LogP contribution in [0.2, 0.25) is 4.47 Å². The third kappa shape index (κ3) is 3.71. The Kier molecular flexibility index (Phi) is 4.63. The molecule has 1 atom stereocenters. The van der Waals surface area contributed by atoms with Crippen LogP contribution >= 0.6 is 33.8 Å². The van der Waals surface area contributed by atoms with Crippen LogP contribution in [0.3, 0.4) is 0 Å². The Hall–Kier alpha value is -1.58. The fourth-order valence-electron chi connectivity index (χ4n) is 1.64. The summed E-state index contributed by atoms with van der Waals surface area (Å²) < 4.78 is 0.503. The first-order chi connectivity index (χ1) is 9.45. The summed E-state index contributed by atoms with van der Waals surface area (Å²) in [6.45, 7) is 1.92. The zero-order valence-electron chi connectivity index (χ0n) is 10.4. The number of nitrogens with one attached hydrogen (secondary N) is 1. The highest BCUT2D eigenvalue weighted by atomic mass is 35.5. The van der Waals surface area contributed by atoms with Gasteiger partial charge in [0.05, 0.1) is 5.03 Å². The van der Waals surface area contributed by atoms with Crippen LogP contribution < -0.4 is 11.1 Å². The number of thiazole rings is 1. The number of halogens is 1. The average molecular weight is 334 g/mol. The number of guanidine groups is 1.